The van der Waals surface area contributed by atoms with Gasteiger partial charge in [0.1, 0.15) is 11.5 Å². The minimum Gasteiger partial charge on any atom is -0.496 e. The summed E-state index contributed by atoms with van der Waals surface area (Å²) in [6, 6.07) is 5.52. The number of ether oxygens (including phenoxy) is 2. The molecule has 3 rings (SSSR count). The summed E-state index contributed by atoms with van der Waals surface area (Å²) >= 11 is 0. The van der Waals surface area contributed by atoms with E-state index in [1.165, 1.54) is 6.33 Å². The second kappa shape index (κ2) is 5.40. The van der Waals surface area contributed by atoms with Crippen LogP contribution in [0.5, 0.6) is 11.5 Å². The number of methoxy groups -OCH3 is 2. The van der Waals surface area contributed by atoms with Gasteiger partial charge in [-0.1, -0.05) is 6.07 Å². The third-order valence-corrected chi connectivity index (χ3v) is 3.35. The van der Waals surface area contributed by atoms with Crippen molar-refractivity contribution in [1.29, 1.82) is 0 Å². The standard InChI is InChI=1S/C14H15N5O3/c1-21-9-4-3-5-10(22-2)8(9)6-19-7-16-11-12(19)17-14(15)18-13(11)20/h3-5,7H,6H2,1-2H3,(H3,15,17,18,20). The lowest BCUT2D eigenvalue weighted by atomic mass is 10.1. The van der Waals surface area contributed by atoms with Gasteiger partial charge in [-0.05, 0) is 12.1 Å². The molecule has 0 saturated heterocycles. The number of aromatic amines is 1. The Balaban J connectivity index is 2.13. The molecular formula is C14H15N5O3. The lowest BCUT2D eigenvalue weighted by Gasteiger charge is -2.13. The lowest BCUT2D eigenvalue weighted by Crippen LogP contribution is -2.12. The zero-order valence-electron chi connectivity index (χ0n) is 12.2. The molecule has 8 heteroatoms. The van der Waals surface area contributed by atoms with Crippen LogP contribution in [0.2, 0.25) is 0 Å². The molecule has 0 aliphatic heterocycles. The molecule has 8 nitrogen and oxygen atoms in total. The Morgan fingerprint density at radius 1 is 1.27 bits per heavy atom. The van der Waals surface area contributed by atoms with E-state index in [-0.39, 0.29) is 17.0 Å². The maximum Gasteiger partial charge on any atom is 0.280 e. The summed E-state index contributed by atoms with van der Waals surface area (Å²) in [5.41, 5.74) is 6.71. The van der Waals surface area contributed by atoms with E-state index in [1.807, 2.05) is 18.2 Å². The first-order chi connectivity index (χ1) is 10.6. The fourth-order valence-corrected chi connectivity index (χ4v) is 2.34. The number of nitrogens with one attached hydrogen (secondary N) is 1. The summed E-state index contributed by atoms with van der Waals surface area (Å²) in [6.45, 7) is 0.388. The van der Waals surface area contributed by atoms with Crippen molar-refractivity contribution in [1.82, 2.24) is 19.5 Å². The van der Waals surface area contributed by atoms with Crippen LogP contribution in [0.3, 0.4) is 0 Å². The number of hydrogen-bond donors (Lipinski definition) is 2. The van der Waals surface area contributed by atoms with Crippen molar-refractivity contribution < 1.29 is 9.47 Å². The minimum atomic E-state index is -0.367. The van der Waals surface area contributed by atoms with Crippen LogP contribution in [0.1, 0.15) is 5.56 Å². The Kier molecular flexibility index (Phi) is 3.42. The van der Waals surface area contributed by atoms with Crippen LogP contribution in [-0.4, -0.2) is 33.7 Å². The van der Waals surface area contributed by atoms with E-state index in [2.05, 4.69) is 15.0 Å². The highest BCUT2D eigenvalue weighted by Gasteiger charge is 2.14. The SMILES string of the molecule is COc1cccc(OC)c1Cn1cnc2c(=O)[nH]c(N)nc21. The van der Waals surface area contributed by atoms with Crippen molar-refractivity contribution >= 4 is 17.1 Å². The monoisotopic (exact) mass is 301 g/mol. The van der Waals surface area contributed by atoms with Gasteiger partial charge in [0.05, 0.1) is 32.7 Å². The number of nitrogens with two attached hydrogens (primary N) is 1. The topological polar surface area (TPSA) is 108 Å². The molecule has 2 aromatic heterocycles. The molecule has 0 fully saturated rings. The van der Waals surface area contributed by atoms with Gasteiger partial charge < -0.3 is 19.8 Å². The third-order valence-electron chi connectivity index (χ3n) is 3.35. The van der Waals surface area contributed by atoms with E-state index in [1.54, 1.807) is 18.8 Å². The van der Waals surface area contributed by atoms with Gasteiger partial charge >= 0.3 is 0 Å². The smallest absolute Gasteiger partial charge is 0.280 e. The van der Waals surface area contributed by atoms with Crippen LogP contribution < -0.4 is 20.8 Å². The first kappa shape index (κ1) is 13.9. The number of rotatable bonds is 4. The summed E-state index contributed by atoms with van der Waals surface area (Å²) in [7, 11) is 3.18. The molecule has 22 heavy (non-hydrogen) atoms. The maximum atomic E-state index is 11.8. The number of benzene rings is 1. The number of anilines is 1. The van der Waals surface area contributed by atoms with E-state index in [9.17, 15) is 4.79 Å². The van der Waals surface area contributed by atoms with Gasteiger partial charge in [0, 0.05) is 0 Å². The summed E-state index contributed by atoms with van der Waals surface area (Å²) in [5, 5.41) is 0. The Hall–Kier alpha value is -3.03. The predicted molar refractivity (Wildman–Crippen MR) is 81.2 cm³/mol. The summed E-state index contributed by atoms with van der Waals surface area (Å²) in [5.74, 6) is 1.41. The normalized spacial score (nSPS) is 10.8. The highest BCUT2D eigenvalue weighted by atomic mass is 16.5. The first-order valence-electron chi connectivity index (χ1n) is 6.54. The number of H-pyrrole nitrogens is 1. The van der Waals surface area contributed by atoms with Crippen LogP contribution in [0, 0.1) is 0 Å². The number of imidazole rings is 1. The number of nitrogens with zero attached hydrogens (tertiary/aromatic N) is 3. The van der Waals surface area contributed by atoms with Crippen LogP contribution >= 0.6 is 0 Å². The third kappa shape index (κ3) is 2.24. The molecule has 0 amide bonds. The van der Waals surface area contributed by atoms with Gasteiger partial charge in [0.2, 0.25) is 5.95 Å². The van der Waals surface area contributed by atoms with Crippen molar-refractivity contribution in [3.05, 3.63) is 40.4 Å². The van der Waals surface area contributed by atoms with Gasteiger partial charge in [0.15, 0.2) is 11.2 Å². The predicted octanol–water partition coefficient (Wildman–Crippen LogP) is 0.767. The second-order valence-corrected chi connectivity index (χ2v) is 4.64. The molecule has 0 bridgehead atoms. The van der Waals surface area contributed by atoms with Gasteiger partial charge in [-0.25, -0.2) is 4.98 Å². The van der Waals surface area contributed by atoms with E-state index in [0.29, 0.717) is 23.7 Å². The van der Waals surface area contributed by atoms with Gasteiger partial charge in [0.25, 0.3) is 5.56 Å². The molecule has 0 saturated carbocycles. The van der Waals surface area contributed by atoms with Gasteiger partial charge in [-0.15, -0.1) is 0 Å². The van der Waals surface area contributed by atoms with Crippen LogP contribution in [0.25, 0.3) is 11.2 Å². The molecule has 3 N–H and O–H groups in total. The number of hydrogen-bond acceptors (Lipinski definition) is 6. The Morgan fingerprint density at radius 3 is 2.59 bits per heavy atom. The van der Waals surface area contributed by atoms with Crippen molar-refractivity contribution in [2.45, 2.75) is 6.54 Å². The Labute approximate surface area is 125 Å². The molecule has 114 valence electrons. The van der Waals surface area contributed by atoms with Crippen LogP contribution in [0.4, 0.5) is 5.95 Å². The molecule has 0 spiro atoms. The summed E-state index contributed by atoms with van der Waals surface area (Å²) in [6.07, 6.45) is 1.54. The summed E-state index contributed by atoms with van der Waals surface area (Å²) < 4.78 is 12.5. The van der Waals surface area contributed by atoms with Crippen molar-refractivity contribution in [3.8, 4) is 11.5 Å². The average molecular weight is 301 g/mol. The molecule has 3 aromatic rings. The van der Waals surface area contributed by atoms with Gasteiger partial charge in [-0.3, -0.25) is 9.78 Å². The Morgan fingerprint density at radius 2 is 1.95 bits per heavy atom. The highest BCUT2D eigenvalue weighted by Crippen LogP contribution is 2.29. The second-order valence-electron chi connectivity index (χ2n) is 4.64. The number of nitrogen functional groups attached to an aromatic ring is 1. The van der Waals surface area contributed by atoms with E-state index in [4.69, 9.17) is 15.2 Å². The van der Waals surface area contributed by atoms with Crippen molar-refractivity contribution in [2.24, 2.45) is 0 Å². The zero-order valence-corrected chi connectivity index (χ0v) is 12.2. The van der Waals surface area contributed by atoms with Crippen LogP contribution in [-0.2, 0) is 6.54 Å². The lowest BCUT2D eigenvalue weighted by molar-refractivity contribution is 0.383. The number of fused-ring (bicyclic) bond motifs is 1. The van der Waals surface area contributed by atoms with Crippen molar-refractivity contribution in [3.63, 3.8) is 0 Å². The Bertz CT molecular complexity index is 862. The molecule has 0 atom stereocenters. The van der Waals surface area contributed by atoms with E-state index in [0.717, 1.165) is 5.56 Å². The molecule has 2 heterocycles. The van der Waals surface area contributed by atoms with Crippen LogP contribution in [0.15, 0.2) is 29.3 Å². The summed E-state index contributed by atoms with van der Waals surface area (Å²) in [4.78, 5) is 22.5. The molecule has 0 aliphatic rings. The van der Waals surface area contributed by atoms with Gasteiger partial charge in [-0.2, -0.15) is 4.98 Å². The van der Waals surface area contributed by atoms with Crippen molar-refractivity contribution in [2.75, 3.05) is 20.0 Å². The van der Waals surface area contributed by atoms with E-state index < -0.39 is 0 Å². The molecule has 1 aromatic carbocycles. The number of aromatic nitrogens is 4. The fraction of sp³-hybridized carbons (Fsp3) is 0.214. The zero-order chi connectivity index (χ0) is 15.7. The fourth-order valence-electron chi connectivity index (χ4n) is 2.34. The highest BCUT2D eigenvalue weighted by molar-refractivity contribution is 5.70. The average Bonchev–Trinajstić information content (AvgIpc) is 2.90. The maximum absolute atomic E-state index is 11.8. The minimum absolute atomic E-state index is 0.0474. The molecule has 0 unspecified atom stereocenters. The molecular weight excluding hydrogens is 286 g/mol. The first-order valence-corrected chi connectivity index (χ1v) is 6.54. The molecule has 0 aliphatic carbocycles. The molecule has 0 radical (unpaired) electrons. The quantitative estimate of drug-likeness (QED) is 0.737. The largest absolute Gasteiger partial charge is 0.496 e. The van der Waals surface area contributed by atoms with E-state index >= 15 is 0 Å².